The first kappa shape index (κ1) is 28.8. The molecule has 2 aromatic carbocycles. The van der Waals surface area contributed by atoms with Crippen LogP contribution in [0, 0.1) is 20.8 Å². The van der Waals surface area contributed by atoms with E-state index >= 15 is 0 Å². The Labute approximate surface area is 194 Å². The highest BCUT2D eigenvalue weighted by Crippen LogP contribution is 2.29. The van der Waals surface area contributed by atoms with E-state index in [9.17, 15) is 0 Å². The maximum Gasteiger partial charge on any atom is 0.0955 e. The number of rotatable bonds is 1. The molecular weight excluding hydrogens is 398 g/mol. The molecule has 4 rings (SSSR count). The van der Waals surface area contributed by atoms with E-state index in [2.05, 4.69) is 72.8 Å². The average Bonchev–Trinajstić information content (AvgIpc) is 3.44. The van der Waals surface area contributed by atoms with E-state index in [1.165, 1.54) is 37.9 Å². The van der Waals surface area contributed by atoms with Crippen LogP contribution in [-0.2, 0) is 7.05 Å². The number of fused-ring (bicyclic) bond motifs is 2. The van der Waals surface area contributed by atoms with Gasteiger partial charge in [-0.05, 0) is 60.5 Å². The van der Waals surface area contributed by atoms with Crippen molar-refractivity contribution in [2.45, 2.75) is 82.1 Å². The molecule has 0 saturated heterocycles. The van der Waals surface area contributed by atoms with Crippen molar-refractivity contribution in [3.63, 3.8) is 0 Å². The van der Waals surface area contributed by atoms with Gasteiger partial charge in [-0.25, -0.2) is 4.98 Å². The predicted molar refractivity (Wildman–Crippen MR) is 143 cm³/mol. The summed E-state index contributed by atoms with van der Waals surface area (Å²) in [7, 11) is 2.03. The van der Waals surface area contributed by atoms with Crippen molar-refractivity contribution in [1.29, 1.82) is 0 Å². The number of hydrogen-bond acceptors (Lipinski definition) is 3. The maximum atomic E-state index is 4.34. The first-order valence-electron chi connectivity index (χ1n) is 11.6. The number of aryl methyl sites for hydroxylation is 4. The van der Waals surface area contributed by atoms with Crippen LogP contribution in [0.15, 0.2) is 36.8 Å². The lowest BCUT2D eigenvalue weighted by molar-refractivity contribution is 0.876. The molecule has 0 saturated carbocycles. The molecule has 2 aromatic heterocycles. The van der Waals surface area contributed by atoms with Crippen molar-refractivity contribution in [2.24, 2.45) is 7.05 Å². The minimum atomic E-state index is 0.583. The monoisotopic (exact) mass is 441 g/mol. The van der Waals surface area contributed by atoms with Gasteiger partial charge in [-0.1, -0.05) is 79.7 Å². The summed E-state index contributed by atoms with van der Waals surface area (Å²) in [4.78, 5) is 4.34. The van der Waals surface area contributed by atoms with Gasteiger partial charge in [-0.2, -0.15) is 4.37 Å². The highest BCUT2D eigenvalue weighted by molar-refractivity contribution is 7.13. The van der Waals surface area contributed by atoms with Crippen molar-refractivity contribution < 1.29 is 0 Å². The van der Waals surface area contributed by atoms with Crippen LogP contribution in [0.5, 0.6) is 0 Å². The fourth-order valence-electron chi connectivity index (χ4n) is 3.20. The van der Waals surface area contributed by atoms with Gasteiger partial charge in [0.2, 0.25) is 0 Å². The van der Waals surface area contributed by atoms with E-state index < -0.39 is 0 Å². The van der Waals surface area contributed by atoms with E-state index in [0.717, 1.165) is 5.52 Å². The van der Waals surface area contributed by atoms with E-state index in [1.54, 1.807) is 11.5 Å². The first-order valence-corrected chi connectivity index (χ1v) is 12.4. The molecule has 0 amide bonds. The standard InChI is InChI=1S/C11H13NS.C10H12N2.3C2H6/c1-7(2)9-5-4-8(3)11-10(9)6-12-13-11;1-7-4-5-8(2)10-9(7)11-6-12(10)3;3*1-2/h4-7H,1-3H3;4-6H,1-3H3;3*1-2H3. The molecule has 0 aliphatic rings. The summed E-state index contributed by atoms with van der Waals surface area (Å²) in [6.45, 7) is 22.8. The molecule has 2 heterocycles. The zero-order chi connectivity index (χ0) is 24.1. The van der Waals surface area contributed by atoms with Gasteiger partial charge < -0.3 is 4.57 Å². The molecule has 0 bridgehead atoms. The molecule has 0 N–H and O–H groups in total. The molecule has 0 aliphatic heterocycles. The zero-order valence-corrected chi connectivity index (χ0v) is 22.6. The lowest BCUT2D eigenvalue weighted by atomic mass is 9.98. The Morgan fingerprint density at radius 3 is 1.90 bits per heavy atom. The fraction of sp³-hybridized carbons (Fsp3) is 0.481. The third-order valence-electron chi connectivity index (χ3n) is 4.64. The summed E-state index contributed by atoms with van der Waals surface area (Å²) in [5.41, 5.74) is 7.65. The molecule has 0 spiro atoms. The van der Waals surface area contributed by atoms with E-state index in [4.69, 9.17) is 0 Å². The van der Waals surface area contributed by atoms with Crippen LogP contribution in [0.3, 0.4) is 0 Å². The Morgan fingerprint density at radius 2 is 1.35 bits per heavy atom. The van der Waals surface area contributed by atoms with Crippen LogP contribution in [0.25, 0.3) is 21.1 Å². The summed E-state index contributed by atoms with van der Waals surface area (Å²) >= 11 is 1.60. The largest absolute Gasteiger partial charge is 0.334 e. The van der Waals surface area contributed by atoms with Crippen LogP contribution in [0.2, 0.25) is 0 Å². The summed E-state index contributed by atoms with van der Waals surface area (Å²) < 4.78 is 7.65. The van der Waals surface area contributed by atoms with Gasteiger partial charge in [0.15, 0.2) is 0 Å². The van der Waals surface area contributed by atoms with Crippen LogP contribution >= 0.6 is 11.5 Å². The molecule has 0 aliphatic carbocycles. The number of benzene rings is 2. The van der Waals surface area contributed by atoms with Crippen molar-refractivity contribution in [3.8, 4) is 0 Å². The van der Waals surface area contributed by atoms with Gasteiger partial charge in [-0.15, -0.1) is 0 Å². The normalized spacial score (nSPS) is 9.58. The Hall–Kier alpha value is -2.20. The lowest BCUT2D eigenvalue weighted by Gasteiger charge is -2.07. The van der Waals surface area contributed by atoms with E-state index in [0.29, 0.717) is 5.92 Å². The van der Waals surface area contributed by atoms with Crippen molar-refractivity contribution >= 4 is 32.7 Å². The molecule has 4 aromatic rings. The molecule has 0 radical (unpaired) electrons. The van der Waals surface area contributed by atoms with E-state index in [1.807, 2.05) is 61.1 Å². The zero-order valence-electron chi connectivity index (χ0n) is 21.8. The third-order valence-corrected chi connectivity index (χ3v) is 5.58. The van der Waals surface area contributed by atoms with E-state index in [-0.39, 0.29) is 0 Å². The minimum absolute atomic E-state index is 0.583. The molecule has 0 atom stereocenters. The summed E-state index contributed by atoms with van der Waals surface area (Å²) in [6, 6.07) is 8.66. The van der Waals surface area contributed by atoms with Crippen molar-refractivity contribution in [2.75, 3.05) is 0 Å². The number of hydrogen-bond donors (Lipinski definition) is 0. The number of imidazole rings is 1. The topological polar surface area (TPSA) is 30.7 Å². The molecule has 0 unspecified atom stereocenters. The predicted octanol–water partition coefficient (Wildman–Crippen LogP) is 9.00. The second-order valence-corrected chi connectivity index (χ2v) is 7.75. The van der Waals surface area contributed by atoms with Gasteiger partial charge in [0, 0.05) is 18.6 Å². The molecule has 4 heteroatoms. The Bertz CT molecular complexity index is 1030. The quantitative estimate of drug-likeness (QED) is 0.295. The highest BCUT2D eigenvalue weighted by Gasteiger charge is 2.08. The first-order chi connectivity index (χ1) is 14.9. The van der Waals surface area contributed by atoms with Gasteiger partial charge in [0.1, 0.15) is 0 Å². The highest BCUT2D eigenvalue weighted by atomic mass is 32.1. The summed E-state index contributed by atoms with van der Waals surface area (Å²) in [6.07, 6.45) is 3.85. The lowest BCUT2D eigenvalue weighted by Crippen LogP contribution is -1.88. The molecule has 31 heavy (non-hydrogen) atoms. The van der Waals surface area contributed by atoms with Crippen LogP contribution in [-0.4, -0.2) is 13.9 Å². The molecule has 0 fully saturated rings. The third kappa shape index (κ3) is 7.17. The van der Waals surface area contributed by atoms with Crippen LogP contribution in [0.4, 0.5) is 0 Å². The van der Waals surface area contributed by atoms with Gasteiger partial charge in [0.25, 0.3) is 0 Å². The smallest absolute Gasteiger partial charge is 0.0955 e. The fourth-order valence-corrected chi connectivity index (χ4v) is 3.95. The second kappa shape index (κ2) is 14.7. The summed E-state index contributed by atoms with van der Waals surface area (Å²) in [5.74, 6) is 0.583. The van der Waals surface area contributed by atoms with Gasteiger partial charge in [0.05, 0.1) is 22.1 Å². The number of aromatic nitrogens is 3. The van der Waals surface area contributed by atoms with Gasteiger partial charge >= 0.3 is 0 Å². The average molecular weight is 442 g/mol. The van der Waals surface area contributed by atoms with Crippen molar-refractivity contribution in [1.82, 2.24) is 13.9 Å². The molecular formula is C27H43N3S. The van der Waals surface area contributed by atoms with Gasteiger partial charge in [-0.3, -0.25) is 0 Å². The minimum Gasteiger partial charge on any atom is -0.334 e. The molecule has 172 valence electrons. The maximum absolute atomic E-state index is 4.34. The Balaban J connectivity index is 0.000000470. The molecule has 3 nitrogen and oxygen atoms in total. The second-order valence-electron chi connectivity index (χ2n) is 6.95. The number of nitrogens with zero attached hydrogens (tertiary/aromatic N) is 3. The van der Waals surface area contributed by atoms with Crippen LogP contribution in [0.1, 0.15) is 83.6 Å². The van der Waals surface area contributed by atoms with Crippen molar-refractivity contribution in [3.05, 3.63) is 59.0 Å². The Kier molecular flexibility index (Phi) is 13.7. The summed E-state index contributed by atoms with van der Waals surface area (Å²) in [5, 5.41) is 1.33. The van der Waals surface area contributed by atoms with Crippen LogP contribution < -0.4 is 0 Å². The SMILES string of the molecule is CC.CC.CC.Cc1ccc(C(C)C)c2cnsc12.Cc1ccc(C)c2c1ncn2C. The Morgan fingerprint density at radius 1 is 0.806 bits per heavy atom.